The first kappa shape index (κ1) is 30.0. The summed E-state index contributed by atoms with van der Waals surface area (Å²) in [6.45, 7) is 0. The fraction of sp³-hybridized carbons (Fsp3) is 0. The highest BCUT2D eigenvalue weighted by atomic mass is 15.1. The van der Waals surface area contributed by atoms with Crippen LogP contribution in [-0.2, 0) is 0 Å². The molecule has 0 saturated heterocycles. The van der Waals surface area contributed by atoms with Gasteiger partial charge in [0, 0.05) is 33.5 Å². The molecule has 0 amide bonds. The van der Waals surface area contributed by atoms with Gasteiger partial charge in [0.1, 0.15) is 0 Å². The summed E-state index contributed by atoms with van der Waals surface area (Å²) < 4.78 is 2.40. The summed E-state index contributed by atoms with van der Waals surface area (Å²) in [5.74, 6) is 0. The second kappa shape index (κ2) is 12.5. The third-order valence-corrected chi connectivity index (χ3v) is 10.4. The van der Waals surface area contributed by atoms with E-state index >= 15 is 0 Å². The number of hydrogen-bond donors (Lipinski definition) is 0. The monoisotopic (exact) mass is 662 g/mol. The molecule has 0 atom stereocenters. The van der Waals surface area contributed by atoms with Crippen LogP contribution in [0.3, 0.4) is 0 Å². The molecule has 1 aromatic heterocycles. The number of anilines is 3. The van der Waals surface area contributed by atoms with Crippen LogP contribution in [0.15, 0.2) is 206 Å². The summed E-state index contributed by atoms with van der Waals surface area (Å²) in [6, 6.07) is 74.6. The van der Waals surface area contributed by atoms with E-state index in [1.807, 2.05) is 0 Å². The lowest BCUT2D eigenvalue weighted by Gasteiger charge is -2.26. The number of rotatable bonds is 6. The molecule has 0 radical (unpaired) electrons. The topological polar surface area (TPSA) is 8.17 Å². The molecule has 0 aliphatic rings. The minimum absolute atomic E-state index is 1.12. The average molecular weight is 663 g/mol. The molecule has 0 spiro atoms. The van der Waals surface area contributed by atoms with Crippen molar-refractivity contribution in [3.05, 3.63) is 206 Å². The Hall–Kier alpha value is -6.90. The molecule has 2 heteroatoms. The first-order valence-electron chi connectivity index (χ1n) is 17.8. The van der Waals surface area contributed by atoms with Crippen LogP contribution in [0.4, 0.5) is 17.1 Å². The molecule has 0 fully saturated rings. The van der Waals surface area contributed by atoms with Crippen molar-refractivity contribution >= 4 is 60.4 Å². The van der Waals surface area contributed by atoms with Crippen LogP contribution in [0.2, 0.25) is 0 Å². The smallest absolute Gasteiger partial charge is 0.0547 e. The van der Waals surface area contributed by atoms with Crippen molar-refractivity contribution in [2.24, 2.45) is 0 Å². The molecule has 0 aliphatic heterocycles. The highest BCUT2D eigenvalue weighted by molar-refractivity contribution is 6.21. The number of fused-ring (bicyclic) bond motifs is 6. The van der Waals surface area contributed by atoms with E-state index in [1.165, 1.54) is 65.6 Å². The summed E-state index contributed by atoms with van der Waals surface area (Å²) >= 11 is 0. The maximum Gasteiger partial charge on any atom is 0.0547 e. The summed E-state index contributed by atoms with van der Waals surface area (Å²) in [6.07, 6.45) is 0. The zero-order valence-electron chi connectivity index (χ0n) is 28.5. The van der Waals surface area contributed by atoms with E-state index in [1.54, 1.807) is 0 Å². The lowest BCUT2D eigenvalue weighted by Crippen LogP contribution is -2.09. The van der Waals surface area contributed by atoms with Crippen LogP contribution in [0.25, 0.3) is 71.3 Å². The van der Waals surface area contributed by atoms with Crippen LogP contribution < -0.4 is 4.90 Å². The zero-order chi connectivity index (χ0) is 34.4. The fourth-order valence-corrected chi connectivity index (χ4v) is 7.83. The SMILES string of the molecule is c1ccc(-c2ccc(N(c3ccccc3)c3ccc4ccc(-c5ccc(-n6c7ccccc7c7c8ccccc8ccc76)cc5)cc4c3)cc2)cc1. The largest absolute Gasteiger partial charge is 0.310 e. The van der Waals surface area contributed by atoms with E-state index < -0.39 is 0 Å². The zero-order valence-corrected chi connectivity index (χ0v) is 28.5. The second-order valence-corrected chi connectivity index (χ2v) is 13.4. The van der Waals surface area contributed by atoms with Crippen molar-refractivity contribution in [1.82, 2.24) is 4.57 Å². The van der Waals surface area contributed by atoms with Gasteiger partial charge in [-0.25, -0.2) is 0 Å². The maximum absolute atomic E-state index is 2.40. The van der Waals surface area contributed by atoms with Gasteiger partial charge in [-0.3, -0.25) is 0 Å². The molecule has 1 heterocycles. The van der Waals surface area contributed by atoms with Gasteiger partial charge in [0.2, 0.25) is 0 Å². The first-order chi connectivity index (χ1) is 25.8. The van der Waals surface area contributed by atoms with Crippen molar-refractivity contribution in [2.75, 3.05) is 4.90 Å². The fourth-order valence-electron chi connectivity index (χ4n) is 7.83. The number of benzene rings is 9. The highest BCUT2D eigenvalue weighted by Gasteiger charge is 2.16. The minimum Gasteiger partial charge on any atom is -0.310 e. The number of aromatic nitrogens is 1. The Morgan fingerprint density at radius 3 is 1.67 bits per heavy atom. The molecule has 9 aromatic carbocycles. The molecular weight excluding hydrogens is 629 g/mol. The van der Waals surface area contributed by atoms with Gasteiger partial charge in [-0.2, -0.15) is 0 Å². The Bertz CT molecular complexity index is 2870. The van der Waals surface area contributed by atoms with Gasteiger partial charge in [-0.15, -0.1) is 0 Å². The van der Waals surface area contributed by atoms with Crippen molar-refractivity contribution in [2.45, 2.75) is 0 Å². The van der Waals surface area contributed by atoms with Crippen LogP contribution in [0.5, 0.6) is 0 Å². The summed E-state index contributed by atoms with van der Waals surface area (Å²) in [7, 11) is 0. The van der Waals surface area contributed by atoms with Crippen LogP contribution >= 0.6 is 0 Å². The van der Waals surface area contributed by atoms with Crippen LogP contribution in [-0.4, -0.2) is 4.57 Å². The van der Waals surface area contributed by atoms with Gasteiger partial charge < -0.3 is 9.47 Å². The molecule has 0 N–H and O–H groups in total. The van der Waals surface area contributed by atoms with Crippen molar-refractivity contribution in [3.8, 4) is 27.9 Å². The van der Waals surface area contributed by atoms with Crippen molar-refractivity contribution < 1.29 is 0 Å². The van der Waals surface area contributed by atoms with Gasteiger partial charge in [0.15, 0.2) is 0 Å². The Balaban J connectivity index is 1.03. The molecule has 0 bridgehead atoms. The predicted octanol–water partition coefficient (Wildman–Crippen LogP) is 13.9. The number of nitrogens with zero attached hydrogens (tertiary/aromatic N) is 2. The number of hydrogen-bond acceptors (Lipinski definition) is 1. The van der Waals surface area contributed by atoms with E-state index in [2.05, 4.69) is 216 Å². The normalized spacial score (nSPS) is 11.5. The maximum atomic E-state index is 2.40. The molecule has 0 saturated carbocycles. The van der Waals surface area contributed by atoms with E-state index in [-0.39, 0.29) is 0 Å². The Kier molecular flexibility index (Phi) is 7.18. The Labute approximate surface area is 303 Å². The molecule has 10 aromatic rings. The minimum atomic E-state index is 1.12. The molecule has 0 unspecified atom stereocenters. The molecular formula is C50H34N2. The van der Waals surface area contributed by atoms with Crippen LogP contribution in [0, 0.1) is 0 Å². The van der Waals surface area contributed by atoms with E-state index in [0.29, 0.717) is 0 Å². The predicted molar refractivity (Wildman–Crippen MR) is 221 cm³/mol. The lowest BCUT2D eigenvalue weighted by molar-refractivity contribution is 1.18. The van der Waals surface area contributed by atoms with Gasteiger partial charge in [-0.05, 0) is 111 Å². The number of para-hydroxylation sites is 2. The second-order valence-electron chi connectivity index (χ2n) is 13.4. The Morgan fingerprint density at radius 1 is 0.308 bits per heavy atom. The third kappa shape index (κ3) is 5.12. The summed E-state index contributed by atoms with van der Waals surface area (Å²) in [5, 5.41) is 7.56. The average Bonchev–Trinajstić information content (AvgIpc) is 3.57. The lowest BCUT2D eigenvalue weighted by atomic mass is 10.00. The molecule has 10 rings (SSSR count). The van der Waals surface area contributed by atoms with E-state index in [0.717, 1.165) is 22.7 Å². The molecule has 2 nitrogen and oxygen atoms in total. The van der Waals surface area contributed by atoms with Crippen LogP contribution in [0.1, 0.15) is 0 Å². The molecule has 52 heavy (non-hydrogen) atoms. The highest BCUT2D eigenvalue weighted by Crippen LogP contribution is 2.39. The van der Waals surface area contributed by atoms with E-state index in [9.17, 15) is 0 Å². The standard InChI is InChI=1S/C50H34N2/c1-3-11-35(12-4-1)36-21-27-43(28-22-36)51(42-14-5-2-6-15-42)45-31-25-38-19-20-40(33-41(38)34-45)37-23-29-44(30-24-37)52-48-18-10-9-17-47(48)50-46-16-8-7-13-39(46)26-32-49(50)52/h1-34H. The molecule has 0 aliphatic carbocycles. The quantitative estimate of drug-likeness (QED) is 0.172. The first-order valence-corrected chi connectivity index (χ1v) is 17.8. The van der Waals surface area contributed by atoms with Crippen molar-refractivity contribution in [3.63, 3.8) is 0 Å². The van der Waals surface area contributed by atoms with Gasteiger partial charge >= 0.3 is 0 Å². The third-order valence-electron chi connectivity index (χ3n) is 10.4. The van der Waals surface area contributed by atoms with E-state index in [4.69, 9.17) is 0 Å². The summed E-state index contributed by atoms with van der Waals surface area (Å²) in [4.78, 5) is 2.34. The van der Waals surface area contributed by atoms with Crippen molar-refractivity contribution in [1.29, 1.82) is 0 Å². The van der Waals surface area contributed by atoms with Gasteiger partial charge in [0.05, 0.1) is 11.0 Å². The summed E-state index contributed by atoms with van der Waals surface area (Å²) in [5.41, 5.74) is 11.8. The van der Waals surface area contributed by atoms with Gasteiger partial charge in [0.25, 0.3) is 0 Å². The molecule has 244 valence electrons. The Morgan fingerprint density at radius 2 is 0.865 bits per heavy atom. The van der Waals surface area contributed by atoms with Gasteiger partial charge in [-0.1, -0.05) is 140 Å².